The summed E-state index contributed by atoms with van der Waals surface area (Å²) >= 11 is 16.1. The molecule has 1 aliphatic rings. The summed E-state index contributed by atoms with van der Waals surface area (Å²) in [6.45, 7) is 0. The summed E-state index contributed by atoms with van der Waals surface area (Å²) in [5.41, 5.74) is -0.0679. The maximum absolute atomic E-state index is 12.9. The highest BCUT2D eigenvalue weighted by molar-refractivity contribution is 6.69. The molecule has 70 valence electrons. The number of carbonyl (C=O) groups is 1. The van der Waals surface area contributed by atoms with Crippen LogP contribution in [0.3, 0.4) is 0 Å². The van der Waals surface area contributed by atoms with Gasteiger partial charge in [0.15, 0.2) is 6.17 Å². The smallest absolute Gasteiger partial charge is 0.255 e. The Morgan fingerprint density at radius 2 is 2.15 bits per heavy atom. The number of nitrogens with zero attached hydrogens (tertiary/aromatic N) is 1. The number of hydrogen-bond acceptors (Lipinski definition) is 2. The molecule has 0 spiro atoms. The van der Waals surface area contributed by atoms with Crippen molar-refractivity contribution in [1.29, 1.82) is 0 Å². The number of carbonyl (C=O) groups excluding carboxylic acids is 1. The zero-order chi connectivity index (χ0) is 10.0. The molecule has 0 amide bonds. The minimum atomic E-state index is -1.55. The molecule has 0 saturated carbocycles. The first kappa shape index (κ1) is 10.7. The van der Waals surface area contributed by atoms with Gasteiger partial charge in [0.05, 0.1) is 5.57 Å². The maximum Gasteiger partial charge on any atom is 0.255 e. The lowest BCUT2D eigenvalue weighted by Crippen LogP contribution is -2.04. The van der Waals surface area contributed by atoms with E-state index >= 15 is 0 Å². The number of hydrogen-bond donors (Lipinski definition) is 0. The summed E-state index contributed by atoms with van der Waals surface area (Å²) in [7, 11) is 0. The Labute approximate surface area is 88.7 Å². The van der Waals surface area contributed by atoms with Gasteiger partial charge in [-0.05, 0) is 23.8 Å². The fourth-order valence-electron chi connectivity index (χ4n) is 0.691. The highest BCUT2D eigenvalue weighted by Crippen LogP contribution is 2.21. The monoisotopic (exact) mass is 241 g/mol. The molecule has 0 aromatic carbocycles. The van der Waals surface area contributed by atoms with Crippen molar-refractivity contribution in [2.24, 2.45) is 4.99 Å². The topological polar surface area (TPSA) is 29.4 Å². The number of halogens is 4. The third-order valence-electron chi connectivity index (χ3n) is 1.30. The maximum atomic E-state index is 12.9. The highest BCUT2D eigenvalue weighted by atomic mass is 35.5. The van der Waals surface area contributed by atoms with Crippen LogP contribution in [0.4, 0.5) is 4.39 Å². The van der Waals surface area contributed by atoms with E-state index in [1.807, 2.05) is 0 Å². The van der Waals surface area contributed by atoms with Gasteiger partial charge in [-0.25, -0.2) is 9.38 Å². The van der Waals surface area contributed by atoms with Crippen LogP contribution in [-0.2, 0) is 4.79 Å². The Hall–Kier alpha value is -0.380. The van der Waals surface area contributed by atoms with E-state index in [4.69, 9.17) is 34.8 Å². The van der Waals surface area contributed by atoms with Gasteiger partial charge in [0, 0.05) is 0 Å². The van der Waals surface area contributed by atoms with Crippen molar-refractivity contribution < 1.29 is 9.18 Å². The molecule has 0 saturated heterocycles. The second-order valence-electron chi connectivity index (χ2n) is 2.17. The molecule has 0 aromatic rings. The van der Waals surface area contributed by atoms with Crippen molar-refractivity contribution in [3.63, 3.8) is 0 Å². The predicted molar refractivity (Wildman–Crippen MR) is 51.1 cm³/mol. The molecule has 0 aromatic heterocycles. The normalized spacial score (nSPS) is 22.8. The molecule has 0 bridgehead atoms. The molecule has 0 N–H and O–H groups in total. The predicted octanol–water partition coefficient (Wildman–Crippen LogP) is 2.75. The lowest BCUT2D eigenvalue weighted by atomic mass is 10.2. The number of rotatable bonds is 1. The summed E-state index contributed by atoms with van der Waals surface area (Å²) < 4.78 is 12.9. The molecule has 1 aliphatic heterocycles. The van der Waals surface area contributed by atoms with Gasteiger partial charge in [0.2, 0.25) is 0 Å². The zero-order valence-electron chi connectivity index (χ0n) is 6.10. The molecule has 6 heteroatoms. The standard InChI is InChI=1S/C7H3Cl3FNO/c8-5-3(7(10)13)1-2-4(11)6(9)12-5/h1-2,4H. The van der Waals surface area contributed by atoms with Gasteiger partial charge in [-0.1, -0.05) is 23.2 Å². The molecule has 0 radical (unpaired) electrons. The first-order valence-corrected chi connectivity index (χ1v) is 4.31. The number of allylic oxidation sites excluding steroid dienone is 3. The second kappa shape index (κ2) is 4.22. The first-order valence-electron chi connectivity index (χ1n) is 3.18. The van der Waals surface area contributed by atoms with Crippen molar-refractivity contribution in [1.82, 2.24) is 0 Å². The van der Waals surface area contributed by atoms with E-state index in [0.717, 1.165) is 12.2 Å². The third-order valence-corrected chi connectivity index (χ3v) is 2.08. The molecule has 2 nitrogen and oxygen atoms in total. The average molecular weight is 242 g/mol. The second-order valence-corrected chi connectivity index (χ2v) is 3.26. The Morgan fingerprint density at radius 1 is 1.54 bits per heavy atom. The van der Waals surface area contributed by atoms with Crippen LogP contribution in [0.15, 0.2) is 27.9 Å². The van der Waals surface area contributed by atoms with Gasteiger partial charge in [-0.2, -0.15) is 0 Å². The fraction of sp³-hybridized carbons (Fsp3) is 0.143. The van der Waals surface area contributed by atoms with Crippen molar-refractivity contribution in [3.05, 3.63) is 22.9 Å². The largest absolute Gasteiger partial charge is 0.275 e. The van der Waals surface area contributed by atoms with Crippen molar-refractivity contribution in [3.8, 4) is 0 Å². The molecule has 1 unspecified atom stereocenters. The van der Waals surface area contributed by atoms with Gasteiger partial charge >= 0.3 is 0 Å². The van der Waals surface area contributed by atoms with E-state index in [2.05, 4.69) is 4.99 Å². The van der Waals surface area contributed by atoms with Crippen LogP contribution < -0.4 is 0 Å². The van der Waals surface area contributed by atoms with Crippen molar-refractivity contribution in [2.45, 2.75) is 6.17 Å². The quantitative estimate of drug-likeness (QED) is 0.513. The Kier molecular flexibility index (Phi) is 3.47. The summed E-state index contributed by atoms with van der Waals surface area (Å²) in [4.78, 5) is 14.2. The number of aliphatic imine (C=N–C) groups is 1. The fourth-order valence-corrected chi connectivity index (χ4v) is 1.33. The van der Waals surface area contributed by atoms with Crippen LogP contribution in [0.2, 0.25) is 0 Å². The van der Waals surface area contributed by atoms with Crippen LogP contribution in [0.1, 0.15) is 0 Å². The summed E-state index contributed by atoms with van der Waals surface area (Å²) in [5.74, 6) is 0. The van der Waals surface area contributed by atoms with Gasteiger partial charge in [0.1, 0.15) is 10.3 Å². The third kappa shape index (κ3) is 2.53. The van der Waals surface area contributed by atoms with E-state index in [9.17, 15) is 9.18 Å². The van der Waals surface area contributed by atoms with E-state index in [1.165, 1.54) is 0 Å². The average Bonchev–Trinajstić information content (AvgIpc) is 2.13. The molecular weight excluding hydrogens is 239 g/mol. The van der Waals surface area contributed by atoms with Crippen LogP contribution in [0.25, 0.3) is 0 Å². The summed E-state index contributed by atoms with van der Waals surface area (Å²) in [6.07, 6.45) is 0.654. The van der Waals surface area contributed by atoms with Crippen LogP contribution in [-0.4, -0.2) is 16.6 Å². The summed E-state index contributed by atoms with van der Waals surface area (Å²) in [6, 6.07) is 0. The molecule has 0 fully saturated rings. The van der Waals surface area contributed by atoms with Gasteiger partial charge in [0.25, 0.3) is 5.24 Å². The SMILES string of the molecule is O=C(Cl)C1=C(Cl)N=C(Cl)C(F)C=C1. The Bertz CT molecular complexity index is 335. The van der Waals surface area contributed by atoms with Crippen molar-refractivity contribution >= 4 is 45.2 Å². The van der Waals surface area contributed by atoms with Gasteiger partial charge in [-0.3, -0.25) is 4.79 Å². The van der Waals surface area contributed by atoms with Gasteiger partial charge in [-0.15, -0.1) is 0 Å². The van der Waals surface area contributed by atoms with Crippen LogP contribution in [0.5, 0.6) is 0 Å². The van der Waals surface area contributed by atoms with E-state index in [-0.39, 0.29) is 15.9 Å². The van der Waals surface area contributed by atoms with Crippen LogP contribution in [0, 0.1) is 0 Å². The van der Waals surface area contributed by atoms with E-state index in [0.29, 0.717) is 0 Å². The molecule has 13 heavy (non-hydrogen) atoms. The highest BCUT2D eigenvalue weighted by Gasteiger charge is 2.17. The molecular formula is C7H3Cl3FNO. The molecule has 1 rings (SSSR count). The minimum absolute atomic E-state index is 0.0679. The number of alkyl halides is 1. The van der Waals surface area contributed by atoms with Crippen LogP contribution >= 0.6 is 34.8 Å². The van der Waals surface area contributed by atoms with Gasteiger partial charge < -0.3 is 0 Å². The van der Waals surface area contributed by atoms with E-state index < -0.39 is 11.4 Å². The Balaban J connectivity index is 3.16. The Morgan fingerprint density at radius 3 is 2.69 bits per heavy atom. The first-order chi connectivity index (χ1) is 6.02. The lowest BCUT2D eigenvalue weighted by molar-refractivity contribution is -0.108. The minimum Gasteiger partial charge on any atom is -0.275 e. The molecule has 1 atom stereocenters. The van der Waals surface area contributed by atoms with E-state index in [1.54, 1.807) is 0 Å². The zero-order valence-corrected chi connectivity index (χ0v) is 8.37. The molecule has 1 heterocycles. The van der Waals surface area contributed by atoms with Crippen molar-refractivity contribution in [2.75, 3.05) is 0 Å². The summed E-state index contributed by atoms with van der Waals surface area (Å²) in [5, 5.41) is -1.33. The molecule has 0 aliphatic carbocycles. The lowest BCUT2D eigenvalue weighted by Gasteiger charge is -1.95.